The van der Waals surface area contributed by atoms with E-state index in [9.17, 15) is 4.79 Å². The van der Waals surface area contributed by atoms with Gasteiger partial charge in [0, 0.05) is 27.0 Å². The van der Waals surface area contributed by atoms with E-state index in [1.54, 1.807) is 20.4 Å². The quantitative estimate of drug-likeness (QED) is 0.827. The summed E-state index contributed by atoms with van der Waals surface area (Å²) in [6.07, 6.45) is 8.74. The maximum Gasteiger partial charge on any atom is 0.257 e. The van der Waals surface area contributed by atoms with Crippen molar-refractivity contribution in [2.75, 3.05) is 20.8 Å². The van der Waals surface area contributed by atoms with Gasteiger partial charge in [-0.25, -0.2) is 9.97 Å². The minimum Gasteiger partial charge on any atom is -0.381 e. The first kappa shape index (κ1) is 17.3. The molecule has 1 aromatic rings. The van der Waals surface area contributed by atoms with Crippen molar-refractivity contribution >= 4 is 5.91 Å². The second kappa shape index (κ2) is 7.15. The number of methoxy groups -OCH3 is 2. The molecule has 2 heterocycles. The Balaban J connectivity index is 1.87. The SMILES string of the molecule is CCCc1ncncc1C(=O)N1CC[C@]2(OC)CC[C@H](OC)C[C@H]12. The molecule has 0 bridgehead atoms. The van der Waals surface area contributed by atoms with Crippen LogP contribution in [0, 0.1) is 0 Å². The molecule has 0 N–H and O–H groups in total. The van der Waals surface area contributed by atoms with Gasteiger partial charge in [0.2, 0.25) is 0 Å². The molecule has 6 heteroatoms. The Morgan fingerprint density at radius 3 is 2.96 bits per heavy atom. The third-order valence-corrected chi connectivity index (χ3v) is 5.65. The van der Waals surface area contributed by atoms with Crippen LogP contribution in [0.4, 0.5) is 0 Å². The first-order chi connectivity index (χ1) is 11.6. The van der Waals surface area contributed by atoms with Crippen molar-refractivity contribution in [3.8, 4) is 0 Å². The van der Waals surface area contributed by atoms with Gasteiger partial charge in [0.05, 0.1) is 29.0 Å². The van der Waals surface area contributed by atoms with Crippen LogP contribution in [0.3, 0.4) is 0 Å². The lowest BCUT2D eigenvalue weighted by atomic mass is 9.79. The van der Waals surface area contributed by atoms with E-state index in [1.807, 2.05) is 4.90 Å². The van der Waals surface area contributed by atoms with Gasteiger partial charge >= 0.3 is 0 Å². The molecule has 132 valence electrons. The molecular formula is C18H27N3O3. The van der Waals surface area contributed by atoms with Crippen molar-refractivity contribution in [1.29, 1.82) is 0 Å². The third-order valence-electron chi connectivity index (χ3n) is 5.65. The highest BCUT2D eigenvalue weighted by Crippen LogP contribution is 2.43. The fraction of sp³-hybridized carbons (Fsp3) is 0.722. The van der Waals surface area contributed by atoms with Gasteiger partial charge in [-0.05, 0) is 32.1 Å². The highest BCUT2D eigenvalue weighted by molar-refractivity contribution is 5.95. The smallest absolute Gasteiger partial charge is 0.257 e. The van der Waals surface area contributed by atoms with E-state index in [4.69, 9.17) is 9.47 Å². The number of rotatable bonds is 5. The Morgan fingerprint density at radius 1 is 1.42 bits per heavy atom. The zero-order valence-corrected chi connectivity index (χ0v) is 14.8. The maximum atomic E-state index is 13.2. The monoisotopic (exact) mass is 333 g/mol. The first-order valence-electron chi connectivity index (χ1n) is 8.83. The van der Waals surface area contributed by atoms with Crippen LogP contribution in [0.25, 0.3) is 0 Å². The molecule has 0 spiro atoms. The lowest BCUT2D eigenvalue weighted by Gasteiger charge is -2.43. The fourth-order valence-corrected chi connectivity index (χ4v) is 4.24. The molecule has 24 heavy (non-hydrogen) atoms. The van der Waals surface area contributed by atoms with Gasteiger partial charge in [0.15, 0.2) is 0 Å². The summed E-state index contributed by atoms with van der Waals surface area (Å²) in [5.74, 6) is 0.0275. The summed E-state index contributed by atoms with van der Waals surface area (Å²) in [7, 11) is 3.51. The normalized spacial score (nSPS) is 29.5. The van der Waals surface area contributed by atoms with Crippen molar-refractivity contribution in [3.05, 3.63) is 23.8 Å². The number of ether oxygens (including phenoxy) is 2. The minimum absolute atomic E-state index is 0.0275. The van der Waals surface area contributed by atoms with E-state index in [2.05, 4.69) is 16.9 Å². The molecule has 3 rings (SSSR count). The van der Waals surface area contributed by atoms with Crippen molar-refractivity contribution in [1.82, 2.24) is 14.9 Å². The molecule has 1 aliphatic carbocycles. The van der Waals surface area contributed by atoms with Gasteiger partial charge in [0.1, 0.15) is 6.33 Å². The van der Waals surface area contributed by atoms with Crippen LogP contribution in [0.15, 0.2) is 12.5 Å². The number of hydrogen-bond donors (Lipinski definition) is 0. The van der Waals surface area contributed by atoms with E-state index < -0.39 is 0 Å². The summed E-state index contributed by atoms with van der Waals surface area (Å²) in [6, 6.07) is 0.0587. The number of amides is 1. The number of likely N-dealkylation sites (tertiary alicyclic amines) is 1. The Labute approximate surface area is 143 Å². The molecule has 0 unspecified atom stereocenters. The molecule has 1 saturated carbocycles. The summed E-state index contributed by atoms with van der Waals surface area (Å²) < 4.78 is 11.5. The summed E-state index contributed by atoms with van der Waals surface area (Å²) in [5.41, 5.74) is 1.24. The maximum absolute atomic E-state index is 13.2. The van der Waals surface area contributed by atoms with Crippen molar-refractivity contribution in [2.24, 2.45) is 0 Å². The zero-order valence-electron chi connectivity index (χ0n) is 14.8. The van der Waals surface area contributed by atoms with E-state index >= 15 is 0 Å². The molecule has 2 fully saturated rings. The second-order valence-electron chi connectivity index (χ2n) is 6.80. The lowest BCUT2D eigenvalue weighted by Crippen LogP contribution is -2.53. The predicted molar refractivity (Wildman–Crippen MR) is 89.9 cm³/mol. The molecular weight excluding hydrogens is 306 g/mol. The summed E-state index contributed by atoms with van der Waals surface area (Å²) in [4.78, 5) is 23.6. The number of carbonyl (C=O) groups is 1. The topological polar surface area (TPSA) is 64.6 Å². The van der Waals surface area contributed by atoms with E-state index in [1.165, 1.54) is 6.33 Å². The highest BCUT2D eigenvalue weighted by Gasteiger charge is 2.52. The number of aryl methyl sites for hydroxylation is 1. The predicted octanol–water partition coefficient (Wildman–Crippen LogP) is 2.23. The lowest BCUT2D eigenvalue weighted by molar-refractivity contribution is -0.0893. The van der Waals surface area contributed by atoms with Gasteiger partial charge in [0.25, 0.3) is 5.91 Å². The van der Waals surface area contributed by atoms with Gasteiger partial charge in [-0.15, -0.1) is 0 Å². The summed E-state index contributed by atoms with van der Waals surface area (Å²) in [6.45, 7) is 2.81. The van der Waals surface area contributed by atoms with Crippen LogP contribution in [0.1, 0.15) is 55.1 Å². The largest absolute Gasteiger partial charge is 0.381 e. The van der Waals surface area contributed by atoms with Crippen LogP contribution < -0.4 is 0 Å². The molecule has 0 aromatic carbocycles. The van der Waals surface area contributed by atoms with E-state index in [0.717, 1.165) is 44.2 Å². The number of hydrogen-bond acceptors (Lipinski definition) is 5. The molecule has 1 aromatic heterocycles. The Hall–Kier alpha value is -1.53. The zero-order chi connectivity index (χ0) is 17.2. The number of carbonyl (C=O) groups excluding carboxylic acids is 1. The van der Waals surface area contributed by atoms with Gasteiger partial charge < -0.3 is 14.4 Å². The first-order valence-corrected chi connectivity index (χ1v) is 8.83. The van der Waals surface area contributed by atoms with E-state index in [0.29, 0.717) is 12.1 Å². The van der Waals surface area contributed by atoms with Crippen molar-refractivity contribution < 1.29 is 14.3 Å². The minimum atomic E-state index is -0.231. The molecule has 1 aliphatic heterocycles. The van der Waals surface area contributed by atoms with E-state index in [-0.39, 0.29) is 23.7 Å². The number of fused-ring (bicyclic) bond motifs is 1. The molecule has 3 atom stereocenters. The van der Waals surface area contributed by atoms with Gasteiger partial charge in [-0.1, -0.05) is 13.3 Å². The molecule has 1 amide bonds. The second-order valence-corrected chi connectivity index (χ2v) is 6.80. The van der Waals surface area contributed by atoms with Crippen molar-refractivity contribution in [3.63, 3.8) is 0 Å². The van der Waals surface area contributed by atoms with Crippen LogP contribution >= 0.6 is 0 Å². The van der Waals surface area contributed by atoms with Crippen molar-refractivity contribution in [2.45, 2.75) is 63.2 Å². The molecule has 1 saturated heterocycles. The molecule has 6 nitrogen and oxygen atoms in total. The average Bonchev–Trinajstić information content (AvgIpc) is 3.01. The fourth-order valence-electron chi connectivity index (χ4n) is 4.24. The average molecular weight is 333 g/mol. The summed E-state index contributed by atoms with van der Waals surface area (Å²) >= 11 is 0. The van der Waals surface area contributed by atoms with Gasteiger partial charge in [-0.3, -0.25) is 4.79 Å². The van der Waals surface area contributed by atoms with Crippen LogP contribution in [-0.4, -0.2) is 59.3 Å². The Kier molecular flexibility index (Phi) is 5.15. The van der Waals surface area contributed by atoms with Crippen LogP contribution in [0.5, 0.6) is 0 Å². The molecule has 2 aliphatic rings. The third kappa shape index (κ3) is 2.93. The number of aromatic nitrogens is 2. The van der Waals surface area contributed by atoms with Crippen LogP contribution in [0.2, 0.25) is 0 Å². The standard InChI is InChI=1S/C18H27N3O3/c1-4-5-15-14(11-19-12-20-15)17(22)21-9-8-18(24-3)7-6-13(23-2)10-16(18)21/h11-13,16H,4-10H2,1-3H3/t13-,16-,18+/m0/s1. The Bertz CT molecular complexity index is 595. The van der Waals surface area contributed by atoms with Crippen LogP contribution in [-0.2, 0) is 15.9 Å². The highest BCUT2D eigenvalue weighted by atomic mass is 16.5. The Morgan fingerprint density at radius 2 is 2.25 bits per heavy atom. The molecule has 0 radical (unpaired) electrons. The summed E-state index contributed by atoms with van der Waals surface area (Å²) in [5, 5.41) is 0. The number of nitrogens with zero attached hydrogens (tertiary/aromatic N) is 3. The van der Waals surface area contributed by atoms with Gasteiger partial charge in [-0.2, -0.15) is 0 Å².